The second kappa shape index (κ2) is 8.58. The third kappa shape index (κ3) is 4.43. The van der Waals surface area contributed by atoms with Gasteiger partial charge in [-0.3, -0.25) is 19.4 Å². The van der Waals surface area contributed by atoms with E-state index in [1.807, 2.05) is 35.2 Å². The number of carbonyl (C=O) groups is 2. The predicted octanol–water partition coefficient (Wildman–Crippen LogP) is 1.10. The molecular weight excluding hydrogens is 356 g/mol. The van der Waals surface area contributed by atoms with Gasteiger partial charge < -0.3 is 14.6 Å². The molecular formula is C21H26N4O3. The van der Waals surface area contributed by atoms with Gasteiger partial charge in [-0.05, 0) is 30.2 Å². The SMILES string of the molecule is O=C(CN1CCN(CC(=O)N2CCc3ccccc32)CC1)NCc1ccco1. The van der Waals surface area contributed by atoms with Crippen LogP contribution >= 0.6 is 0 Å². The zero-order valence-corrected chi connectivity index (χ0v) is 16.0. The average molecular weight is 382 g/mol. The summed E-state index contributed by atoms with van der Waals surface area (Å²) < 4.78 is 5.22. The van der Waals surface area contributed by atoms with Crippen LogP contribution in [0.25, 0.3) is 0 Å². The van der Waals surface area contributed by atoms with Crippen LogP contribution in [-0.4, -0.2) is 67.4 Å². The number of nitrogens with zero attached hydrogens (tertiary/aromatic N) is 3. The fourth-order valence-electron chi connectivity index (χ4n) is 3.84. The molecule has 2 amide bonds. The summed E-state index contributed by atoms with van der Waals surface area (Å²) in [4.78, 5) is 31.0. The number of anilines is 1. The largest absolute Gasteiger partial charge is 0.467 e. The second-order valence-electron chi connectivity index (χ2n) is 7.33. The van der Waals surface area contributed by atoms with Gasteiger partial charge in [-0.15, -0.1) is 0 Å². The molecule has 2 aliphatic heterocycles. The van der Waals surface area contributed by atoms with Crippen LogP contribution in [0.4, 0.5) is 5.69 Å². The van der Waals surface area contributed by atoms with E-state index < -0.39 is 0 Å². The first-order valence-electron chi connectivity index (χ1n) is 9.81. The maximum atomic E-state index is 12.7. The van der Waals surface area contributed by atoms with Gasteiger partial charge in [0, 0.05) is 38.4 Å². The van der Waals surface area contributed by atoms with Gasteiger partial charge in [-0.1, -0.05) is 18.2 Å². The fourth-order valence-corrected chi connectivity index (χ4v) is 3.84. The minimum atomic E-state index is -0.00500. The molecule has 0 spiro atoms. The summed E-state index contributed by atoms with van der Waals surface area (Å²) in [5.74, 6) is 0.907. The molecule has 1 aromatic carbocycles. The summed E-state index contributed by atoms with van der Waals surface area (Å²) in [6, 6.07) is 11.8. The van der Waals surface area contributed by atoms with Gasteiger partial charge >= 0.3 is 0 Å². The van der Waals surface area contributed by atoms with Gasteiger partial charge in [0.05, 0.1) is 25.9 Å². The number of nitrogens with one attached hydrogen (secondary N) is 1. The minimum Gasteiger partial charge on any atom is -0.467 e. The lowest BCUT2D eigenvalue weighted by Gasteiger charge is -2.34. The van der Waals surface area contributed by atoms with Crippen LogP contribution < -0.4 is 10.2 Å². The van der Waals surface area contributed by atoms with Crippen molar-refractivity contribution in [1.82, 2.24) is 15.1 Å². The van der Waals surface area contributed by atoms with E-state index in [-0.39, 0.29) is 11.8 Å². The molecule has 1 aromatic heterocycles. The monoisotopic (exact) mass is 382 g/mol. The van der Waals surface area contributed by atoms with Crippen LogP contribution in [0, 0.1) is 0 Å². The highest BCUT2D eigenvalue weighted by atomic mass is 16.3. The molecule has 0 unspecified atom stereocenters. The summed E-state index contributed by atoms with van der Waals surface area (Å²) >= 11 is 0. The summed E-state index contributed by atoms with van der Waals surface area (Å²) in [7, 11) is 0. The van der Waals surface area contributed by atoms with Crippen LogP contribution in [0.1, 0.15) is 11.3 Å². The Labute approximate surface area is 164 Å². The van der Waals surface area contributed by atoms with Crippen molar-refractivity contribution >= 4 is 17.5 Å². The van der Waals surface area contributed by atoms with Crippen molar-refractivity contribution < 1.29 is 14.0 Å². The summed E-state index contributed by atoms with van der Waals surface area (Å²) in [6.07, 6.45) is 2.53. The molecule has 0 atom stereocenters. The number of amides is 2. The van der Waals surface area contributed by atoms with E-state index in [0.29, 0.717) is 19.6 Å². The summed E-state index contributed by atoms with van der Waals surface area (Å²) in [6.45, 7) is 5.18. The Morgan fingerprint density at radius 3 is 2.43 bits per heavy atom. The highest BCUT2D eigenvalue weighted by Gasteiger charge is 2.27. The first-order valence-corrected chi connectivity index (χ1v) is 9.81. The smallest absolute Gasteiger partial charge is 0.241 e. The lowest BCUT2D eigenvalue weighted by atomic mass is 10.2. The van der Waals surface area contributed by atoms with E-state index in [0.717, 1.165) is 50.6 Å². The molecule has 0 bridgehead atoms. The number of rotatable bonds is 6. The van der Waals surface area contributed by atoms with Gasteiger partial charge in [0.25, 0.3) is 0 Å². The molecule has 28 heavy (non-hydrogen) atoms. The summed E-state index contributed by atoms with van der Waals surface area (Å²) in [5.41, 5.74) is 2.31. The molecule has 7 heteroatoms. The fraction of sp³-hybridized carbons (Fsp3) is 0.429. The second-order valence-corrected chi connectivity index (χ2v) is 7.33. The number of hydrogen-bond donors (Lipinski definition) is 1. The third-order valence-electron chi connectivity index (χ3n) is 5.42. The van der Waals surface area contributed by atoms with Crippen LogP contribution in [0.5, 0.6) is 0 Å². The molecule has 148 valence electrons. The number of piperazine rings is 1. The highest BCUT2D eigenvalue weighted by molar-refractivity contribution is 5.96. The Morgan fingerprint density at radius 2 is 1.68 bits per heavy atom. The van der Waals surface area contributed by atoms with E-state index in [1.54, 1.807) is 6.26 Å². The van der Waals surface area contributed by atoms with Gasteiger partial charge in [-0.25, -0.2) is 0 Å². The van der Waals surface area contributed by atoms with E-state index in [9.17, 15) is 9.59 Å². The average Bonchev–Trinajstić information content (AvgIpc) is 3.37. The van der Waals surface area contributed by atoms with Gasteiger partial charge in [-0.2, -0.15) is 0 Å². The first-order chi connectivity index (χ1) is 13.7. The third-order valence-corrected chi connectivity index (χ3v) is 5.42. The lowest BCUT2D eigenvalue weighted by Crippen LogP contribution is -2.51. The van der Waals surface area contributed by atoms with Crippen LogP contribution in [0.15, 0.2) is 47.1 Å². The zero-order valence-electron chi connectivity index (χ0n) is 16.0. The molecule has 1 N–H and O–H groups in total. The Hall–Kier alpha value is -2.64. The maximum absolute atomic E-state index is 12.7. The quantitative estimate of drug-likeness (QED) is 0.810. The highest BCUT2D eigenvalue weighted by Crippen LogP contribution is 2.27. The molecule has 0 aliphatic carbocycles. The van der Waals surface area contributed by atoms with Gasteiger partial charge in [0.2, 0.25) is 11.8 Å². The standard InChI is InChI=1S/C21H26N4O3/c26-20(22-14-18-5-3-13-28-18)15-23-9-11-24(12-10-23)16-21(27)25-8-7-17-4-1-2-6-19(17)25/h1-6,13H,7-12,14-16H2,(H,22,26). The Morgan fingerprint density at radius 1 is 0.929 bits per heavy atom. The van der Waals surface area contributed by atoms with Crippen LogP contribution in [-0.2, 0) is 22.6 Å². The number of furan rings is 1. The molecule has 3 heterocycles. The van der Waals surface area contributed by atoms with Gasteiger partial charge in [0.15, 0.2) is 0 Å². The molecule has 4 rings (SSSR count). The zero-order chi connectivity index (χ0) is 19.3. The number of benzene rings is 1. The van der Waals surface area contributed by atoms with E-state index in [4.69, 9.17) is 4.42 Å². The topological polar surface area (TPSA) is 69.0 Å². The first kappa shape index (κ1) is 18.7. The Balaban J connectivity index is 1.19. The maximum Gasteiger partial charge on any atom is 0.241 e. The van der Waals surface area contributed by atoms with E-state index in [2.05, 4.69) is 21.2 Å². The Bertz CT molecular complexity index is 813. The number of fused-ring (bicyclic) bond motifs is 1. The van der Waals surface area contributed by atoms with Crippen molar-refractivity contribution in [3.05, 3.63) is 54.0 Å². The molecule has 2 aromatic rings. The molecule has 7 nitrogen and oxygen atoms in total. The molecule has 0 saturated carbocycles. The van der Waals surface area contributed by atoms with Crippen molar-refractivity contribution in [3.8, 4) is 0 Å². The lowest BCUT2D eigenvalue weighted by molar-refractivity contribution is -0.124. The minimum absolute atomic E-state index is 0.00500. The van der Waals surface area contributed by atoms with Crippen molar-refractivity contribution in [3.63, 3.8) is 0 Å². The molecule has 0 radical (unpaired) electrons. The van der Waals surface area contributed by atoms with E-state index >= 15 is 0 Å². The van der Waals surface area contributed by atoms with E-state index in [1.165, 1.54) is 5.56 Å². The number of hydrogen-bond acceptors (Lipinski definition) is 5. The summed E-state index contributed by atoms with van der Waals surface area (Å²) in [5, 5.41) is 2.87. The molecule has 2 aliphatic rings. The molecule has 1 saturated heterocycles. The molecule has 1 fully saturated rings. The van der Waals surface area contributed by atoms with Crippen molar-refractivity contribution in [2.75, 3.05) is 50.7 Å². The number of carbonyl (C=O) groups excluding carboxylic acids is 2. The van der Waals surface area contributed by atoms with Gasteiger partial charge in [0.1, 0.15) is 5.76 Å². The normalized spacial score (nSPS) is 17.5. The predicted molar refractivity (Wildman–Crippen MR) is 106 cm³/mol. The van der Waals surface area contributed by atoms with Crippen molar-refractivity contribution in [1.29, 1.82) is 0 Å². The number of para-hydroxylation sites is 1. The van der Waals surface area contributed by atoms with Crippen LogP contribution in [0.3, 0.4) is 0 Å². The Kier molecular flexibility index (Phi) is 5.73. The van der Waals surface area contributed by atoms with Crippen molar-refractivity contribution in [2.45, 2.75) is 13.0 Å². The van der Waals surface area contributed by atoms with Crippen LogP contribution in [0.2, 0.25) is 0 Å². The van der Waals surface area contributed by atoms with Crippen molar-refractivity contribution in [2.24, 2.45) is 0 Å².